The van der Waals surface area contributed by atoms with E-state index in [0.717, 1.165) is 25.9 Å². The van der Waals surface area contributed by atoms with Gasteiger partial charge in [0.1, 0.15) is 0 Å². The minimum Gasteiger partial charge on any atom is -0.465 e. The molecule has 1 spiro atoms. The lowest BCUT2D eigenvalue weighted by molar-refractivity contribution is -0.163. The van der Waals surface area contributed by atoms with Crippen molar-refractivity contribution in [3.8, 4) is 0 Å². The van der Waals surface area contributed by atoms with Crippen molar-refractivity contribution in [1.82, 2.24) is 4.90 Å². The van der Waals surface area contributed by atoms with Gasteiger partial charge in [0.2, 0.25) is 0 Å². The van der Waals surface area contributed by atoms with E-state index in [2.05, 4.69) is 4.90 Å². The molecule has 0 aromatic rings. The zero-order chi connectivity index (χ0) is 13.7. The van der Waals surface area contributed by atoms with Crippen LogP contribution in [-0.4, -0.2) is 55.6 Å². The normalized spacial score (nSPS) is 25.3. The molecule has 5 nitrogen and oxygen atoms in total. The largest absolute Gasteiger partial charge is 0.465 e. The number of esters is 1. The van der Waals surface area contributed by atoms with Crippen molar-refractivity contribution < 1.29 is 19.0 Å². The summed E-state index contributed by atoms with van der Waals surface area (Å²) in [4.78, 5) is 13.6. The number of carbonyl (C=O) groups is 1. The Morgan fingerprint density at radius 3 is 2.74 bits per heavy atom. The number of carbonyl (C=O) groups excluding carboxylic acids is 1. The summed E-state index contributed by atoms with van der Waals surface area (Å²) >= 11 is 0. The molecule has 1 saturated carbocycles. The van der Waals surface area contributed by atoms with Crippen LogP contribution in [0.2, 0.25) is 0 Å². The maximum Gasteiger partial charge on any atom is 0.320 e. The van der Waals surface area contributed by atoms with Gasteiger partial charge in [0.15, 0.2) is 5.79 Å². The molecule has 0 radical (unpaired) electrons. The molecule has 1 aliphatic heterocycles. The fourth-order valence-corrected chi connectivity index (χ4v) is 2.87. The number of hydrogen-bond acceptors (Lipinski definition) is 5. The van der Waals surface area contributed by atoms with E-state index < -0.39 is 0 Å². The van der Waals surface area contributed by atoms with Gasteiger partial charge < -0.3 is 14.2 Å². The topological polar surface area (TPSA) is 48.0 Å². The predicted molar refractivity (Wildman–Crippen MR) is 70.8 cm³/mol. The van der Waals surface area contributed by atoms with Gasteiger partial charge in [-0.15, -0.1) is 0 Å². The third-order valence-electron chi connectivity index (χ3n) is 3.85. The van der Waals surface area contributed by atoms with Gasteiger partial charge >= 0.3 is 5.97 Å². The molecular weight excluding hydrogens is 246 g/mol. The molecule has 1 unspecified atom stereocenters. The van der Waals surface area contributed by atoms with Gasteiger partial charge in [-0.2, -0.15) is 0 Å². The monoisotopic (exact) mass is 271 g/mol. The molecule has 1 atom stereocenters. The second-order valence-electron chi connectivity index (χ2n) is 5.30. The van der Waals surface area contributed by atoms with Gasteiger partial charge in [-0.3, -0.25) is 9.69 Å². The average molecular weight is 271 g/mol. The van der Waals surface area contributed by atoms with E-state index in [4.69, 9.17) is 14.2 Å². The molecule has 0 amide bonds. The Balaban J connectivity index is 1.77. The summed E-state index contributed by atoms with van der Waals surface area (Å²) < 4.78 is 16.9. The maximum absolute atomic E-state index is 11.5. The van der Waals surface area contributed by atoms with Crippen LogP contribution in [0.1, 0.15) is 39.5 Å². The number of hydrogen-bond donors (Lipinski definition) is 0. The average Bonchev–Trinajstić information content (AvgIpc) is 3.00. The molecule has 0 aromatic heterocycles. The second-order valence-corrected chi connectivity index (χ2v) is 5.30. The van der Waals surface area contributed by atoms with Crippen molar-refractivity contribution in [3.05, 3.63) is 0 Å². The molecule has 0 N–H and O–H groups in total. The highest BCUT2D eigenvalue weighted by molar-refractivity contribution is 5.71. The highest BCUT2D eigenvalue weighted by Crippen LogP contribution is 2.39. The highest BCUT2D eigenvalue weighted by atomic mass is 16.7. The van der Waals surface area contributed by atoms with Gasteiger partial charge in [0.25, 0.3) is 0 Å². The second kappa shape index (κ2) is 6.68. The van der Waals surface area contributed by atoms with Crippen LogP contribution in [0.5, 0.6) is 0 Å². The molecule has 1 aliphatic carbocycles. The fourth-order valence-electron chi connectivity index (χ4n) is 2.87. The van der Waals surface area contributed by atoms with Crippen molar-refractivity contribution in [1.29, 1.82) is 0 Å². The third-order valence-corrected chi connectivity index (χ3v) is 3.85. The smallest absolute Gasteiger partial charge is 0.320 e. The van der Waals surface area contributed by atoms with E-state index in [-0.39, 0.29) is 17.9 Å². The molecular formula is C14H25NO4. The van der Waals surface area contributed by atoms with Crippen LogP contribution in [0, 0.1) is 0 Å². The summed E-state index contributed by atoms with van der Waals surface area (Å²) in [5, 5.41) is 0. The van der Waals surface area contributed by atoms with E-state index in [9.17, 15) is 4.79 Å². The van der Waals surface area contributed by atoms with Gasteiger partial charge in [0.05, 0.1) is 25.9 Å². The van der Waals surface area contributed by atoms with Crippen LogP contribution in [0.4, 0.5) is 0 Å². The molecule has 0 aromatic carbocycles. The Bertz CT molecular complexity index is 302. The quantitative estimate of drug-likeness (QED) is 0.686. The minimum absolute atomic E-state index is 0.0764. The van der Waals surface area contributed by atoms with Crippen molar-refractivity contribution in [2.45, 2.75) is 51.4 Å². The molecule has 110 valence electrons. The molecule has 2 rings (SSSR count). The summed E-state index contributed by atoms with van der Waals surface area (Å²) in [7, 11) is 0. The number of ether oxygens (including phenoxy) is 3. The lowest BCUT2D eigenvalue weighted by Gasteiger charge is -2.25. The predicted octanol–water partition coefficient (Wildman–Crippen LogP) is 1.56. The van der Waals surface area contributed by atoms with E-state index >= 15 is 0 Å². The number of nitrogens with zero attached hydrogens (tertiary/aromatic N) is 1. The Labute approximate surface area is 115 Å². The molecule has 1 saturated heterocycles. The molecule has 19 heavy (non-hydrogen) atoms. The summed E-state index contributed by atoms with van der Waals surface area (Å²) in [6.07, 6.45) is 4.47. The van der Waals surface area contributed by atoms with E-state index in [0.29, 0.717) is 19.8 Å². The first-order valence-electron chi connectivity index (χ1n) is 7.37. The maximum atomic E-state index is 11.5. The van der Waals surface area contributed by atoms with Crippen LogP contribution >= 0.6 is 0 Å². The van der Waals surface area contributed by atoms with Crippen LogP contribution < -0.4 is 0 Å². The van der Waals surface area contributed by atoms with Gasteiger partial charge in [-0.1, -0.05) is 6.92 Å². The first-order chi connectivity index (χ1) is 9.17. The van der Waals surface area contributed by atoms with Crippen LogP contribution in [0.25, 0.3) is 0 Å². The van der Waals surface area contributed by atoms with Gasteiger partial charge in [-0.25, -0.2) is 0 Å². The van der Waals surface area contributed by atoms with E-state index in [1.807, 2.05) is 13.8 Å². The summed E-state index contributed by atoms with van der Waals surface area (Å²) in [5.74, 6) is -0.479. The van der Waals surface area contributed by atoms with Crippen LogP contribution in [0.3, 0.4) is 0 Å². The molecule has 2 fully saturated rings. The third kappa shape index (κ3) is 3.91. The Hall–Kier alpha value is -0.650. The van der Waals surface area contributed by atoms with Gasteiger partial charge in [0, 0.05) is 19.4 Å². The fraction of sp³-hybridized carbons (Fsp3) is 0.929. The highest BCUT2D eigenvalue weighted by Gasteiger charge is 2.43. The molecule has 0 bridgehead atoms. The van der Waals surface area contributed by atoms with Crippen molar-refractivity contribution in [2.24, 2.45) is 0 Å². The van der Waals surface area contributed by atoms with E-state index in [1.165, 1.54) is 12.8 Å². The lowest BCUT2D eigenvalue weighted by Crippen LogP contribution is -2.38. The zero-order valence-corrected chi connectivity index (χ0v) is 12.0. The van der Waals surface area contributed by atoms with Crippen molar-refractivity contribution >= 4 is 5.97 Å². The van der Waals surface area contributed by atoms with Crippen molar-refractivity contribution in [3.63, 3.8) is 0 Å². The SMILES string of the molecule is CCOC(=O)CN(CC)CC1COC2(CCCC2)O1. The van der Waals surface area contributed by atoms with Gasteiger partial charge in [-0.05, 0) is 26.3 Å². The standard InChI is InChI=1S/C14H25NO4/c1-3-15(10-13(16)17-4-2)9-12-11-18-14(19-12)7-5-6-8-14/h12H,3-11H2,1-2H3. The number of likely N-dealkylation sites (N-methyl/N-ethyl adjacent to an activating group) is 1. The molecule has 2 aliphatic rings. The molecule has 5 heteroatoms. The van der Waals surface area contributed by atoms with Crippen LogP contribution in [-0.2, 0) is 19.0 Å². The lowest BCUT2D eigenvalue weighted by atomic mass is 10.2. The molecule has 1 heterocycles. The summed E-state index contributed by atoms with van der Waals surface area (Å²) in [6.45, 7) is 6.81. The summed E-state index contributed by atoms with van der Waals surface area (Å²) in [6, 6.07) is 0. The Kier molecular flexibility index (Phi) is 5.19. The van der Waals surface area contributed by atoms with Crippen molar-refractivity contribution in [2.75, 3.05) is 32.8 Å². The first kappa shape index (κ1) is 14.8. The zero-order valence-electron chi connectivity index (χ0n) is 12.0. The van der Waals surface area contributed by atoms with E-state index in [1.54, 1.807) is 0 Å². The Morgan fingerprint density at radius 2 is 2.11 bits per heavy atom. The number of rotatable bonds is 6. The Morgan fingerprint density at radius 1 is 1.37 bits per heavy atom. The minimum atomic E-state index is -0.312. The summed E-state index contributed by atoms with van der Waals surface area (Å²) in [5.41, 5.74) is 0. The first-order valence-corrected chi connectivity index (χ1v) is 7.37. The van der Waals surface area contributed by atoms with Crippen LogP contribution in [0.15, 0.2) is 0 Å².